The van der Waals surface area contributed by atoms with E-state index in [4.69, 9.17) is 4.42 Å². The number of sulfone groups is 1. The zero-order chi connectivity index (χ0) is 20.6. The number of carbonyl (C=O) groups is 1. The summed E-state index contributed by atoms with van der Waals surface area (Å²) in [6.07, 6.45) is -2.15. The average molecular weight is 426 g/mol. The van der Waals surface area contributed by atoms with E-state index >= 15 is 0 Å². The largest absolute Gasteiger partial charge is 0.459 e. The van der Waals surface area contributed by atoms with E-state index in [2.05, 4.69) is 10.3 Å². The Bertz CT molecular complexity index is 1150. The van der Waals surface area contributed by atoms with E-state index in [1.807, 2.05) is 0 Å². The van der Waals surface area contributed by atoms with Crippen molar-refractivity contribution in [3.63, 3.8) is 0 Å². The summed E-state index contributed by atoms with van der Waals surface area (Å²) in [5, 5.41) is 3.04. The SMILES string of the molecule is Cc1ccc(-c2nc(C)c(C(=O)Nc3ccc(S(C)(=O)=O)c(C(F)F)c3)s2)o1. The predicted octanol–water partition coefficient (Wildman–Crippen LogP) is 4.61. The van der Waals surface area contributed by atoms with Crippen LogP contribution in [0.1, 0.15) is 33.1 Å². The van der Waals surface area contributed by atoms with Gasteiger partial charge in [0.15, 0.2) is 20.6 Å². The Labute approximate surface area is 164 Å². The van der Waals surface area contributed by atoms with Crippen molar-refractivity contribution in [1.82, 2.24) is 4.98 Å². The summed E-state index contributed by atoms with van der Waals surface area (Å²) >= 11 is 1.11. The van der Waals surface area contributed by atoms with Crippen LogP contribution in [0.15, 0.2) is 39.6 Å². The highest BCUT2D eigenvalue weighted by molar-refractivity contribution is 7.90. The lowest BCUT2D eigenvalue weighted by molar-refractivity contribution is 0.102. The summed E-state index contributed by atoms with van der Waals surface area (Å²) in [4.78, 5) is 16.7. The van der Waals surface area contributed by atoms with Gasteiger partial charge in [-0.3, -0.25) is 4.79 Å². The quantitative estimate of drug-likeness (QED) is 0.643. The van der Waals surface area contributed by atoms with Crippen molar-refractivity contribution >= 4 is 32.8 Å². The van der Waals surface area contributed by atoms with E-state index < -0.39 is 32.6 Å². The molecule has 2 heterocycles. The lowest BCUT2D eigenvalue weighted by atomic mass is 10.2. The number of nitrogens with one attached hydrogen (secondary N) is 1. The molecule has 3 aromatic rings. The Morgan fingerprint density at radius 2 is 1.93 bits per heavy atom. The van der Waals surface area contributed by atoms with Gasteiger partial charge in [-0.1, -0.05) is 0 Å². The number of nitrogens with zero attached hydrogens (tertiary/aromatic N) is 1. The molecule has 3 rings (SSSR count). The van der Waals surface area contributed by atoms with E-state index in [-0.39, 0.29) is 5.69 Å². The molecule has 2 aromatic heterocycles. The maximum atomic E-state index is 13.3. The van der Waals surface area contributed by atoms with Crippen molar-refractivity contribution < 1.29 is 26.4 Å². The van der Waals surface area contributed by atoms with Crippen molar-refractivity contribution in [2.24, 2.45) is 0 Å². The highest BCUT2D eigenvalue weighted by Gasteiger charge is 2.22. The Balaban J connectivity index is 1.89. The minimum Gasteiger partial charge on any atom is -0.459 e. The molecule has 0 spiro atoms. The number of rotatable bonds is 5. The third-order valence-corrected chi connectivity index (χ3v) is 6.20. The van der Waals surface area contributed by atoms with E-state index in [9.17, 15) is 22.0 Å². The number of hydrogen-bond donors (Lipinski definition) is 1. The van der Waals surface area contributed by atoms with Gasteiger partial charge in [-0.2, -0.15) is 0 Å². The zero-order valence-corrected chi connectivity index (χ0v) is 16.7. The highest BCUT2D eigenvalue weighted by Crippen LogP contribution is 2.32. The van der Waals surface area contributed by atoms with Gasteiger partial charge in [0.2, 0.25) is 0 Å². The number of carbonyl (C=O) groups excluding carboxylic acids is 1. The van der Waals surface area contributed by atoms with Crippen molar-refractivity contribution in [2.75, 3.05) is 11.6 Å². The number of furan rings is 1. The van der Waals surface area contributed by atoms with Gasteiger partial charge in [0.05, 0.1) is 10.6 Å². The second-order valence-corrected chi connectivity index (χ2v) is 9.11. The van der Waals surface area contributed by atoms with Crippen molar-refractivity contribution in [3.05, 3.63) is 52.2 Å². The lowest BCUT2D eigenvalue weighted by Gasteiger charge is -2.10. The molecule has 0 aliphatic rings. The van der Waals surface area contributed by atoms with E-state index in [0.29, 0.717) is 27.1 Å². The van der Waals surface area contributed by atoms with Gasteiger partial charge >= 0.3 is 0 Å². The third-order valence-electron chi connectivity index (χ3n) is 3.86. The van der Waals surface area contributed by atoms with Crippen molar-refractivity contribution in [1.29, 1.82) is 0 Å². The Morgan fingerprint density at radius 1 is 1.21 bits per heavy atom. The summed E-state index contributed by atoms with van der Waals surface area (Å²) in [7, 11) is -3.82. The number of anilines is 1. The number of benzene rings is 1. The van der Waals surface area contributed by atoms with Gasteiger partial charge in [-0.05, 0) is 44.2 Å². The van der Waals surface area contributed by atoms with Crippen LogP contribution in [0.4, 0.5) is 14.5 Å². The van der Waals surface area contributed by atoms with Crippen LogP contribution >= 0.6 is 11.3 Å². The Kier molecular flexibility index (Phi) is 5.35. The monoisotopic (exact) mass is 426 g/mol. The minimum atomic E-state index is -3.82. The van der Waals surface area contributed by atoms with Crippen LogP contribution in [0.5, 0.6) is 0 Å². The number of aryl methyl sites for hydroxylation is 2. The summed E-state index contributed by atoms with van der Waals surface area (Å²) in [5.41, 5.74) is -0.127. The number of halogens is 2. The van der Waals surface area contributed by atoms with Crippen molar-refractivity contribution in [2.45, 2.75) is 25.2 Å². The van der Waals surface area contributed by atoms with E-state index in [1.165, 1.54) is 6.07 Å². The Morgan fingerprint density at radius 3 is 2.50 bits per heavy atom. The van der Waals surface area contributed by atoms with Crippen LogP contribution in [-0.2, 0) is 9.84 Å². The second kappa shape index (κ2) is 7.44. The highest BCUT2D eigenvalue weighted by atomic mass is 32.2. The first-order valence-corrected chi connectivity index (χ1v) is 10.7. The van der Waals surface area contributed by atoms with Crippen LogP contribution in [0.25, 0.3) is 10.8 Å². The van der Waals surface area contributed by atoms with Gasteiger partial charge in [0.25, 0.3) is 12.3 Å². The second-order valence-electron chi connectivity index (χ2n) is 6.12. The molecule has 6 nitrogen and oxygen atoms in total. The maximum Gasteiger partial charge on any atom is 0.267 e. The summed E-state index contributed by atoms with van der Waals surface area (Å²) in [6.45, 7) is 3.44. The fraction of sp³-hybridized carbons (Fsp3) is 0.222. The molecule has 0 aliphatic carbocycles. The lowest BCUT2D eigenvalue weighted by Crippen LogP contribution is -2.12. The molecule has 0 fully saturated rings. The molecule has 0 radical (unpaired) electrons. The first kappa shape index (κ1) is 20.2. The van der Waals surface area contributed by atoms with Crippen LogP contribution in [0.2, 0.25) is 0 Å². The van der Waals surface area contributed by atoms with Gasteiger partial charge < -0.3 is 9.73 Å². The van der Waals surface area contributed by atoms with Crippen molar-refractivity contribution in [3.8, 4) is 10.8 Å². The van der Waals surface area contributed by atoms with E-state index in [1.54, 1.807) is 26.0 Å². The molecule has 0 saturated carbocycles. The van der Waals surface area contributed by atoms with Crippen LogP contribution in [0, 0.1) is 13.8 Å². The van der Waals surface area contributed by atoms with E-state index in [0.717, 1.165) is 29.7 Å². The average Bonchev–Trinajstić information content (AvgIpc) is 3.19. The molecular weight excluding hydrogens is 410 g/mol. The summed E-state index contributed by atoms with van der Waals surface area (Å²) < 4.78 is 55.3. The minimum absolute atomic E-state index is 0.0656. The molecule has 1 amide bonds. The molecule has 0 bridgehead atoms. The first-order valence-electron chi connectivity index (χ1n) is 8.04. The molecule has 1 aromatic carbocycles. The number of aromatic nitrogens is 1. The van der Waals surface area contributed by atoms with Crippen LogP contribution in [0.3, 0.4) is 0 Å². The number of alkyl halides is 2. The standard InChI is InChI=1S/C18H16F2N2O4S2/c1-9-4-6-13(26-9)18-21-10(2)15(27-18)17(23)22-11-5-7-14(28(3,24)25)12(8-11)16(19)20/h4-8,16H,1-3H3,(H,22,23). The molecule has 0 unspecified atom stereocenters. The smallest absolute Gasteiger partial charge is 0.267 e. The number of thiazole rings is 1. The summed E-state index contributed by atoms with van der Waals surface area (Å²) in [5.74, 6) is 0.707. The third kappa shape index (κ3) is 4.12. The van der Waals surface area contributed by atoms with Gasteiger partial charge in [-0.15, -0.1) is 11.3 Å². The van der Waals surface area contributed by atoms with Gasteiger partial charge in [0, 0.05) is 17.5 Å². The maximum absolute atomic E-state index is 13.3. The normalized spacial score (nSPS) is 11.8. The van der Waals surface area contributed by atoms with Gasteiger partial charge in [0.1, 0.15) is 10.6 Å². The number of amides is 1. The first-order chi connectivity index (χ1) is 13.1. The number of hydrogen-bond acceptors (Lipinski definition) is 6. The molecule has 0 atom stereocenters. The molecule has 0 saturated heterocycles. The predicted molar refractivity (Wildman–Crippen MR) is 102 cm³/mol. The molecule has 1 N–H and O–H groups in total. The fourth-order valence-electron chi connectivity index (χ4n) is 2.58. The topological polar surface area (TPSA) is 89.3 Å². The fourth-order valence-corrected chi connectivity index (χ4v) is 4.40. The zero-order valence-electron chi connectivity index (χ0n) is 15.1. The molecule has 10 heteroatoms. The van der Waals surface area contributed by atoms with Gasteiger partial charge in [-0.25, -0.2) is 22.2 Å². The molecular formula is C18H16F2N2O4S2. The molecule has 148 valence electrons. The molecule has 0 aliphatic heterocycles. The Hall–Kier alpha value is -2.59. The molecule has 28 heavy (non-hydrogen) atoms. The van der Waals surface area contributed by atoms with Crippen LogP contribution < -0.4 is 5.32 Å². The summed E-state index contributed by atoms with van der Waals surface area (Å²) in [6, 6.07) is 6.82. The van der Waals surface area contributed by atoms with Crippen LogP contribution in [-0.4, -0.2) is 25.6 Å².